The minimum atomic E-state index is -1.04. The quantitative estimate of drug-likeness (QED) is 0.660. The Bertz CT molecular complexity index is 591. The molecule has 0 radical (unpaired) electrons. The highest BCUT2D eigenvalue weighted by Crippen LogP contribution is 2.28. The lowest BCUT2D eigenvalue weighted by Crippen LogP contribution is -1.91. The van der Waals surface area contributed by atoms with Gasteiger partial charge in [0, 0.05) is 11.8 Å². The molecule has 98 valence electrons. The highest BCUT2D eigenvalue weighted by molar-refractivity contribution is 8.00. The van der Waals surface area contributed by atoms with E-state index >= 15 is 0 Å². The Balaban J connectivity index is 2.16. The minimum absolute atomic E-state index is 0.366. The molecule has 0 bridgehead atoms. The zero-order chi connectivity index (χ0) is 13.7. The highest BCUT2D eigenvalue weighted by atomic mass is 32.2. The van der Waals surface area contributed by atoms with E-state index in [1.165, 1.54) is 22.4 Å². The van der Waals surface area contributed by atoms with Gasteiger partial charge in [0.05, 0.1) is 4.21 Å². The SMILES string of the molecule is O=C(O)/C=C/c1cc(F)ccc1CSc1cccs1. The van der Waals surface area contributed by atoms with Crippen molar-refractivity contribution in [1.29, 1.82) is 0 Å². The summed E-state index contributed by atoms with van der Waals surface area (Å²) in [5.41, 5.74) is 1.52. The van der Waals surface area contributed by atoms with Gasteiger partial charge in [0.1, 0.15) is 5.82 Å². The van der Waals surface area contributed by atoms with Gasteiger partial charge in [0.25, 0.3) is 0 Å². The van der Waals surface area contributed by atoms with Gasteiger partial charge < -0.3 is 5.11 Å². The highest BCUT2D eigenvalue weighted by Gasteiger charge is 2.04. The molecule has 1 aromatic carbocycles. The zero-order valence-electron chi connectivity index (χ0n) is 9.88. The number of hydrogen-bond donors (Lipinski definition) is 1. The third-order valence-corrected chi connectivity index (χ3v) is 4.56. The summed E-state index contributed by atoms with van der Waals surface area (Å²) in [7, 11) is 0. The Labute approximate surface area is 118 Å². The summed E-state index contributed by atoms with van der Waals surface area (Å²) in [6.45, 7) is 0. The predicted molar refractivity (Wildman–Crippen MR) is 76.9 cm³/mol. The molecule has 1 aromatic heterocycles. The summed E-state index contributed by atoms with van der Waals surface area (Å²) in [4.78, 5) is 10.5. The lowest BCUT2D eigenvalue weighted by molar-refractivity contribution is -0.131. The number of hydrogen-bond acceptors (Lipinski definition) is 3. The number of benzene rings is 1. The zero-order valence-corrected chi connectivity index (χ0v) is 11.5. The number of rotatable bonds is 5. The molecule has 0 aliphatic carbocycles. The molecule has 0 amide bonds. The molecule has 0 aliphatic heterocycles. The van der Waals surface area contributed by atoms with Crippen molar-refractivity contribution in [3.63, 3.8) is 0 Å². The van der Waals surface area contributed by atoms with Crippen molar-refractivity contribution in [1.82, 2.24) is 0 Å². The van der Waals surface area contributed by atoms with Crippen LogP contribution in [0.1, 0.15) is 11.1 Å². The van der Waals surface area contributed by atoms with Crippen LogP contribution in [0, 0.1) is 5.82 Å². The molecule has 2 nitrogen and oxygen atoms in total. The van der Waals surface area contributed by atoms with Crippen LogP contribution in [0.15, 0.2) is 46.0 Å². The maximum absolute atomic E-state index is 13.2. The average Bonchev–Trinajstić information content (AvgIpc) is 2.88. The van der Waals surface area contributed by atoms with Crippen LogP contribution < -0.4 is 0 Å². The topological polar surface area (TPSA) is 37.3 Å². The molecular weight excluding hydrogens is 283 g/mol. The third-order valence-electron chi connectivity index (χ3n) is 2.38. The molecule has 2 aromatic rings. The van der Waals surface area contributed by atoms with Gasteiger partial charge in [-0.3, -0.25) is 0 Å². The van der Waals surface area contributed by atoms with E-state index in [4.69, 9.17) is 5.11 Å². The van der Waals surface area contributed by atoms with Gasteiger partial charge in [-0.25, -0.2) is 9.18 Å². The van der Waals surface area contributed by atoms with E-state index in [2.05, 4.69) is 0 Å². The maximum atomic E-state index is 13.2. The fraction of sp³-hybridized carbons (Fsp3) is 0.0714. The van der Waals surface area contributed by atoms with Gasteiger partial charge in [-0.15, -0.1) is 23.1 Å². The molecule has 0 atom stereocenters. The van der Waals surface area contributed by atoms with E-state index < -0.39 is 5.97 Å². The second kappa shape index (κ2) is 6.54. The van der Waals surface area contributed by atoms with Crippen LogP contribution >= 0.6 is 23.1 Å². The molecule has 1 heterocycles. The van der Waals surface area contributed by atoms with E-state index in [9.17, 15) is 9.18 Å². The van der Waals surface area contributed by atoms with Gasteiger partial charge in [-0.2, -0.15) is 0 Å². The summed E-state index contributed by atoms with van der Waals surface area (Å²) >= 11 is 3.30. The van der Waals surface area contributed by atoms with Gasteiger partial charge in [0.15, 0.2) is 0 Å². The number of thioether (sulfide) groups is 1. The van der Waals surface area contributed by atoms with Crippen LogP contribution in [-0.4, -0.2) is 11.1 Å². The van der Waals surface area contributed by atoms with Gasteiger partial charge >= 0.3 is 5.97 Å². The third kappa shape index (κ3) is 4.22. The fourth-order valence-corrected chi connectivity index (χ4v) is 3.31. The largest absolute Gasteiger partial charge is 0.478 e. The summed E-state index contributed by atoms with van der Waals surface area (Å²) in [6, 6.07) is 8.43. The summed E-state index contributed by atoms with van der Waals surface area (Å²) < 4.78 is 14.4. The second-order valence-electron chi connectivity index (χ2n) is 3.74. The van der Waals surface area contributed by atoms with E-state index in [0.29, 0.717) is 11.3 Å². The van der Waals surface area contributed by atoms with E-state index in [1.54, 1.807) is 29.2 Å². The van der Waals surface area contributed by atoms with Crippen molar-refractivity contribution in [2.75, 3.05) is 0 Å². The van der Waals surface area contributed by atoms with E-state index in [-0.39, 0.29) is 5.82 Å². The van der Waals surface area contributed by atoms with Crippen LogP contribution in [0.3, 0.4) is 0 Å². The summed E-state index contributed by atoms with van der Waals surface area (Å²) in [6.07, 6.45) is 2.45. The number of halogens is 1. The maximum Gasteiger partial charge on any atom is 0.328 e. The van der Waals surface area contributed by atoms with E-state index in [1.807, 2.05) is 17.5 Å². The Morgan fingerprint density at radius 1 is 1.42 bits per heavy atom. The molecule has 5 heteroatoms. The Hall–Kier alpha value is -1.59. The monoisotopic (exact) mass is 294 g/mol. The van der Waals surface area contributed by atoms with Crippen molar-refractivity contribution in [2.24, 2.45) is 0 Å². The normalized spacial score (nSPS) is 11.0. The first-order valence-electron chi connectivity index (χ1n) is 5.51. The molecule has 1 N–H and O–H groups in total. The molecule has 2 rings (SSSR count). The molecule has 0 saturated carbocycles. The molecule has 19 heavy (non-hydrogen) atoms. The van der Waals surface area contributed by atoms with Gasteiger partial charge in [-0.1, -0.05) is 12.1 Å². The molecule has 0 unspecified atom stereocenters. The Morgan fingerprint density at radius 3 is 2.95 bits per heavy atom. The lowest BCUT2D eigenvalue weighted by Gasteiger charge is -2.05. The number of aliphatic carboxylic acids is 1. The standard InChI is InChI=1S/C14H11FO2S2/c15-12-5-3-11(9-19-14-2-1-7-18-14)10(8-12)4-6-13(16)17/h1-8H,9H2,(H,16,17)/b6-4+. The lowest BCUT2D eigenvalue weighted by atomic mass is 10.1. The van der Waals surface area contributed by atoms with Crippen molar-refractivity contribution in [2.45, 2.75) is 9.96 Å². The second-order valence-corrected chi connectivity index (χ2v) is 5.96. The first kappa shape index (κ1) is 13.8. The van der Waals surface area contributed by atoms with E-state index in [0.717, 1.165) is 11.6 Å². The van der Waals surface area contributed by atoms with Crippen molar-refractivity contribution >= 4 is 35.1 Å². The Kier molecular flexibility index (Phi) is 4.76. The predicted octanol–water partition coefficient (Wildman–Crippen LogP) is 4.28. The average molecular weight is 294 g/mol. The van der Waals surface area contributed by atoms with Crippen LogP contribution in [0.25, 0.3) is 6.08 Å². The molecular formula is C14H11FO2S2. The summed E-state index contributed by atoms with van der Waals surface area (Å²) in [5, 5.41) is 10.6. The van der Waals surface area contributed by atoms with Crippen LogP contribution in [0.4, 0.5) is 4.39 Å². The Morgan fingerprint density at radius 2 is 2.26 bits per heavy atom. The number of carboxylic acids is 1. The first-order chi connectivity index (χ1) is 9.15. The number of carboxylic acid groups (broad SMARTS) is 1. The van der Waals surface area contributed by atoms with Gasteiger partial charge in [0.2, 0.25) is 0 Å². The molecule has 0 spiro atoms. The van der Waals surface area contributed by atoms with Crippen molar-refractivity contribution < 1.29 is 14.3 Å². The van der Waals surface area contributed by atoms with Gasteiger partial charge in [-0.05, 0) is 40.8 Å². The summed E-state index contributed by atoms with van der Waals surface area (Å²) in [5.74, 6) is -0.726. The van der Waals surface area contributed by atoms with Crippen LogP contribution in [0.5, 0.6) is 0 Å². The molecule has 0 aliphatic rings. The number of carbonyl (C=O) groups is 1. The van der Waals surface area contributed by atoms with Crippen molar-refractivity contribution in [3.8, 4) is 0 Å². The fourth-order valence-electron chi connectivity index (χ4n) is 1.51. The van der Waals surface area contributed by atoms with Crippen LogP contribution in [-0.2, 0) is 10.5 Å². The molecule has 0 fully saturated rings. The molecule has 0 saturated heterocycles. The smallest absolute Gasteiger partial charge is 0.328 e. The first-order valence-corrected chi connectivity index (χ1v) is 7.37. The minimum Gasteiger partial charge on any atom is -0.478 e. The van der Waals surface area contributed by atoms with Crippen molar-refractivity contribution in [3.05, 3.63) is 58.7 Å². The van der Waals surface area contributed by atoms with Crippen LogP contribution in [0.2, 0.25) is 0 Å². The number of thiophene rings is 1.